The van der Waals surface area contributed by atoms with Crippen LogP contribution in [0.4, 0.5) is 0 Å². The lowest BCUT2D eigenvalue weighted by atomic mass is 10.3. The average molecular weight is 284 g/mol. The Morgan fingerprint density at radius 2 is 1.94 bits per heavy atom. The van der Waals surface area contributed by atoms with E-state index in [0.717, 1.165) is 42.3 Å². The molecule has 0 aromatic heterocycles. The Labute approximate surface area is 118 Å². The first-order valence-electron chi connectivity index (χ1n) is 6.41. The summed E-state index contributed by atoms with van der Waals surface area (Å²) in [5.74, 6) is 0.287. The smallest absolute Gasteiger partial charge is 0.236 e. The first-order chi connectivity index (χ1) is 8.70. The molecule has 1 aliphatic heterocycles. The van der Waals surface area contributed by atoms with E-state index in [1.807, 2.05) is 29.2 Å². The minimum atomic E-state index is 0.0317. The standard InChI is InChI=1S/C14H18ClNOS/c1-2-13(14(17)16-9-3-4-10-16)18-12-7-5-11(15)6-8-12/h5-8,13H,2-4,9-10H2,1H3/t13-/m0/s1. The predicted molar refractivity (Wildman–Crippen MR) is 77.2 cm³/mol. The van der Waals surface area contributed by atoms with Gasteiger partial charge in [-0.25, -0.2) is 0 Å². The van der Waals surface area contributed by atoms with E-state index in [4.69, 9.17) is 11.6 Å². The zero-order valence-corrected chi connectivity index (χ0v) is 12.1. The van der Waals surface area contributed by atoms with Crippen molar-refractivity contribution in [3.8, 4) is 0 Å². The normalized spacial score (nSPS) is 16.9. The summed E-state index contributed by atoms with van der Waals surface area (Å²) in [5, 5.41) is 0.766. The molecule has 0 bridgehead atoms. The van der Waals surface area contributed by atoms with Crippen LogP contribution < -0.4 is 0 Å². The number of halogens is 1. The highest BCUT2D eigenvalue weighted by Gasteiger charge is 2.25. The van der Waals surface area contributed by atoms with Crippen molar-refractivity contribution in [2.24, 2.45) is 0 Å². The summed E-state index contributed by atoms with van der Waals surface area (Å²) in [6, 6.07) is 7.70. The van der Waals surface area contributed by atoms with Crippen LogP contribution in [0.1, 0.15) is 26.2 Å². The largest absolute Gasteiger partial charge is 0.342 e. The Morgan fingerprint density at radius 3 is 2.50 bits per heavy atom. The number of benzene rings is 1. The summed E-state index contributed by atoms with van der Waals surface area (Å²) in [6.07, 6.45) is 3.16. The van der Waals surface area contributed by atoms with Gasteiger partial charge in [0, 0.05) is 23.0 Å². The predicted octanol–water partition coefficient (Wildman–Crippen LogP) is 3.83. The van der Waals surface area contributed by atoms with E-state index in [0.29, 0.717) is 0 Å². The highest BCUT2D eigenvalue weighted by Crippen LogP contribution is 2.28. The van der Waals surface area contributed by atoms with E-state index in [9.17, 15) is 4.79 Å². The molecule has 0 unspecified atom stereocenters. The molecule has 98 valence electrons. The maximum atomic E-state index is 12.3. The van der Waals surface area contributed by atoms with Crippen molar-refractivity contribution >= 4 is 29.3 Å². The second-order valence-corrected chi connectivity index (χ2v) is 6.21. The number of thioether (sulfide) groups is 1. The average Bonchev–Trinajstić information content (AvgIpc) is 2.91. The molecule has 1 aliphatic rings. The van der Waals surface area contributed by atoms with Crippen LogP contribution in [-0.4, -0.2) is 29.1 Å². The summed E-state index contributed by atoms with van der Waals surface area (Å²) in [7, 11) is 0. The highest BCUT2D eigenvalue weighted by molar-refractivity contribution is 8.00. The van der Waals surface area contributed by atoms with Crippen LogP contribution in [0.15, 0.2) is 29.2 Å². The topological polar surface area (TPSA) is 20.3 Å². The van der Waals surface area contributed by atoms with Crippen LogP contribution in [0, 0.1) is 0 Å². The number of hydrogen-bond donors (Lipinski definition) is 0. The van der Waals surface area contributed by atoms with E-state index in [-0.39, 0.29) is 11.2 Å². The molecule has 0 saturated carbocycles. The molecule has 1 atom stereocenters. The summed E-state index contributed by atoms with van der Waals surface area (Å²) in [4.78, 5) is 15.4. The molecule has 0 N–H and O–H groups in total. The van der Waals surface area contributed by atoms with Gasteiger partial charge in [0.05, 0.1) is 5.25 Å². The molecular weight excluding hydrogens is 266 g/mol. The van der Waals surface area contributed by atoms with Crippen molar-refractivity contribution in [1.82, 2.24) is 4.90 Å². The number of rotatable bonds is 4. The van der Waals surface area contributed by atoms with Crippen LogP contribution in [0.3, 0.4) is 0 Å². The maximum Gasteiger partial charge on any atom is 0.236 e. The Hall–Kier alpha value is -0.670. The molecule has 1 aromatic rings. The number of carbonyl (C=O) groups is 1. The minimum Gasteiger partial charge on any atom is -0.342 e. The zero-order chi connectivity index (χ0) is 13.0. The van der Waals surface area contributed by atoms with Gasteiger partial charge in [0.25, 0.3) is 0 Å². The molecule has 1 amide bonds. The zero-order valence-electron chi connectivity index (χ0n) is 10.6. The fourth-order valence-corrected chi connectivity index (χ4v) is 3.29. The first kappa shape index (κ1) is 13.8. The Morgan fingerprint density at radius 1 is 1.33 bits per heavy atom. The molecule has 4 heteroatoms. The molecule has 1 heterocycles. The third-order valence-electron chi connectivity index (χ3n) is 3.16. The SMILES string of the molecule is CC[C@H](Sc1ccc(Cl)cc1)C(=O)N1CCCC1. The van der Waals surface area contributed by atoms with Crippen molar-refractivity contribution in [2.75, 3.05) is 13.1 Å². The van der Waals surface area contributed by atoms with Gasteiger partial charge in [0.1, 0.15) is 0 Å². The number of nitrogens with zero attached hydrogens (tertiary/aromatic N) is 1. The van der Waals surface area contributed by atoms with Gasteiger partial charge >= 0.3 is 0 Å². The van der Waals surface area contributed by atoms with Crippen LogP contribution in [-0.2, 0) is 4.79 Å². The van der Waals surface area contributed by atoms with E-state index < -0.39 is 0 Å². The summed E-state index contributed by atoms with van der Waals surface area (Å²) in [6.45, 7) is 3.93. The van der Waals surface area contributed by atoms with Gasteiger partial charge < -0.3 is 4.90 Å². The number of carbonyl (C=O) groups excluding carboxylic acids is 1. The molecule has 18 heavy (non-hydrogen) atoms. The van der Waals surface area contributed by atoms with E-state index in [2.05, 4.69) is 6.92 Å². The summed E-state index contributed by atoms with van der Waals surface area (Å²) < 4.78 is 0. The molecule has 0 aliphatic carbocycles. The monoisotopic (exact) mass is 283 g/mol. The molecule has 0 radical (unpaired) electrons. The van der Waals surface area contributed by atoms with Gasteiger partial charge in [0.15, 0.2) is 0 Å². The van der Waals surface area contributed by atoms with Crippen LogP contribution >= 0.6 is 23.4 Å². The molecule has 2 nitrogen and oxygen atoms in total. The van der Waals surface area contributed by atoms with Gasteiger partial charge in [-0.3, -0.25) is 4.79 Å². The third kappa shape index (κ3) is 3.42. The van der Waals surface area contributed by atoms with Crippen molar-refractivity contribution < 1.29 is 4.79 Å². The second-order valence-electron chi connectivity index (χ2n) is 4.50. The summed E-state index contributed by atoms with van der Waals surface area (Å²) >= 11 is 7.51. The summed E-state index contributed by atoms with van der Waals surface area (Å²) in [5.41, 5.74) is 0. The second kappa shape index (κ2) is 6.48. The first-order valence-corrected chi connectivity index (χ1v) is 7.67. The van der Waals surface area contributed by atoms with Gasteiger partial charge in [-0.15, -0.1) is 11.8 Å². The highest BCUT2D eigenvalue weighted by atomic mass is 35.5. The van der Waals surface area contributed by atoms with Gasteiger partial charge in [-0.1, -0.05) is 18.5 Å². The Kier molecular flexibility index (Phi) is 4.95. The number of likely N-dealkylation sites (tertiary alicyclic amines) is 1. The molecular formula is C14H18ClNOS. The lowest BCUT2D eigenvalue weighted by Gasteiger charge is -2.21. The lowest BCUT2D eigenvalue weighted by molar-refractivity contribution is -0.129. The Bertz CT molecular complexity index is 401. The third-order valence-corrected chi connectivity index (χ3v) is 4.77. The van der Waals surface area contributed by atoms with E-state index in [1.54, 1.807) is 11.8 Å². The molecule has 1 fully saturated rings. The van der Waals surface area contributed by atoms with E-state index >= 15 is 0 Å². The van der Waals surface area contributed by atoms with Crippen LogP contribution in [0.2, 0.25) is 5.02 Å². The molecule has 1 saturated heterocycles. The van der Waals surface area contributed by atoms with Crippen molar-refractivity contribution in [2.45, 2.75) is 36.3 Å². The lowest BCUT2D eigenvalue weighted by Crippen LogP contribution is -2.35. The maximum absolute atomic E-state index is 12.3. The van der Waals surface area contributed by atoms with Gasteiger partial charge in [-0.2, -0.15) is 0 Å². The van der Waals surface area contributed by atoms with Crippen LogP contribution in [0.5, 0.6) is 0 Å². The van der Waals surface area contributed by atoms with E-state index in [1.165, 1.54) is 0 Å². The minimum absolute atomic E-state index is 0.0317. The van der Waals surface area contributed by atoms with Crippen molar-refractivity contribution in [1.29, 1.82) is 0 Å². The fourth-order valence-electron chi connectivity index (χ4n) is 2.13. The fraction of sp³-hybridized carbons (Fsp3) is 0.500. The van der Waals surface area contributed by atoms with Crippen LogP contribution in [0.25, 0.3) is 0 Å². The number of amides is 1. The quantitative estimate of drug-likeness (QED) is 0.783. The molecule has 0 spiro atoms. The number of hydrogen-bond acceptors (Lipinski definition) is 2. The van der Waals surface area contributed by atoms with Crippen molar-refractivity contribution in [3.05, 3.63) is 29.3 Å². The molecule has 1 aromatic carbocycles. The van der Waals surface area contributed by atoms with Gasteiger partial charge in [0.2, 0.25) is 5.91 Å². The van der Waals surface area contributed by atoms with Crippen molar-refractivity contribution in [3.63, 3.8) is 0 Å². The molecule has 2 rings (SSSR count). The Balaban J connectivity index is 2.00. The van der Waals surface area contributed by atoms with Gasteiger partial charge in [-0.05, 0) is 43.5 Å².